The van der Waals surface area contributed by atoms with Gasteiger partial charge >= 0.3 is 5.69 Å². The molecule has 194 valence electrons. The Bertz CT molecular complexity index is 1560. The van der Waals surface area contributed by atoms with E-state index in [1.54, 1.807) is 53.0 Å². The first-order valence-electron chi connectivity index (χ1n) is 12.2. The van der Waals surface area contributed by atoms with Crippen LogP contribution in [-0.2, 0) is 19.5 Å². The maximum Gasteiger partial charge on any atom is 0.333 e. The van der Waals surface area contributed by atoms with Gasteiger partial charge in [0.05, 0.1) is 35.1 Å². The number of aryl methyl sites for hydroxylation is 1. The Morgan fingerprint density at radius 2 is 1.66 bits per heavy atom. The Morgan fingerprint density at radius 1 is 0.921 bits per heavy atom. The number of amides is 1. The van der Waals surface area contributed by atoms with Gasteiger partial charge in [0.25, 0.3) is 5.91 Å². The van der Waals surface area contributed by atoms with E-state index in [0.29, 0.717) is 46.4 Å². The number of Topliss-reactive ketones (excluding diaryl/α,β-unsaturated/α-hetero) is 1. The van der Waals surface area contributed by atoms with E-state index in [2.05, 4.69) is 0 Å². The number of halogens is 2. The van der Waals surface area contributed by atoms with E-state index in [-0.39, 0.29) is 41.9 Å². The van der Waals surface area contributed by atoms with Gasteiger partial charge in [-0.3, -0.25) is 18.7 Å². The van der Waals surface area contributed by atoms with E-state index in [1.807, 2.05) is 30.3 Å². The van der Waals surface area contributed by atoms with Crippen LogP contribution >= 0.6 is 23.2 Å². The molecule has 1 aliphatic heterocycles. The highest BCUT2D eigenvalue weighted by molar-refractivity contribution is 6.42. The van der Waals surface area contributed by atoms with E-state index in [4.69, 9.17) is 27.9 Å². The second-order valence-electron chi connectivity index (χ2n) is 9.03. The van der Waals surface area contributed by atoms with Crippen LogP contribution in [-0.4, -0.2) is 39.4 Å². The van der Waals surface area contributed by atoms with Crippen LogP contribution in [0.2, 0.25) is 10.0 Å². The average Bonchev–Trinajstić information content (AvgIpc) is 3.25. The minimum absolute atomic E-state index is 0.115. The summed E-state index contributed by atoms with van der Waals surface area (Å²) in [6.45, 7) is 0.698. The summed E-state index contributed by atoms with van der Waals surface area (Å²) in [4.78, 5) is 42.3. The van der Waals surface area contributed by atoms with Gasteiger partial charge in [0.15, 0.2) is 5.78 Å². The predicted octanol–water partition coefficient (Wildman–Crippen LogP) is 5.43. The lowest BCUT2D eigenvalue weighted by molar-refractivity contribution is 0.0707. The summed E-state index contributed by atoms with van der Waals surface area (Å²) in [5, 5.41) is 0.646. The normalized spacial score (nSPS) is 12.8. The van der Waals surface area contributed by atoms with E-state index < -0.39 is 0 Å². The highest BCUT2D eigenvalue weighted by Crippen LogP contribution is 2.26. The lowest BCUT2D eigenvalue weighted by Crippen LogP contribution is -2.41. The summed E-state index contributed by atoms with van der Waals surface area (Å²) >= 11 is 12.2. The number of benzene rings is 3. The average molecular weight is 550 g/mol. The van der Waals surface area contributed by atoms with Crippen LogP contribution < -0.4 is 10.4 Å². The molecule has 0 spiro atoms. The molecular weight excluding hydrogens is 525 g/mol. The standard InChI is InChI=1S/C29H25Cl2N3O4/c1-38-22-11-9-21(10-12-22)34-27(26(35)14-7-19-5-3-2-4-6-19)25-18-32(15-16-33(25)29(34)37)28(36)20-8-13-23(30)24(31)17-20/h2-6,8-13,17H,7,14-16,18H2,1H3. The lowest BCUT2D eigenvalue weighted by Gasteiger charge is -2.28. The fourth-order valence-corrected chi connectivity index (χ4v) is 5.02. The molecule has 0 saturated carbocycles. The van der Waals surface area contributed by atoms with Crippen molar-refractivity contribution in [1.82, 2.24) is 14.0 Å². The second kappa shape index (κ2) is 10.9. The lowest BCUT2D eigenvalue weighted by atomic mass is 10.0. The predicted molar refractivity (Wildman–Crippen MR) is 147 cm³/mol. The Kier molecular flexibility index (Phi) is 7.40. The third kappa shape index (κ3) is 4.99. The highest BCUT2D eigenvalue weighted by Gasteiger charge is 2.32. The molecule has 0 unspecified atom stereocenters. The zero-order valence-electron chi connectivity index (χ0n) is 20.7. The Hall–Kier alpha value is -3.81. The van der Waals surface area contributed by atoms with Gasteiger partial charge in [0.1, 0.15) is 11.4 Å². The SMILES string of the molecule is COc1ccc(-n2c(C(=O)CCc3ccccc3)c3n(c2=O)CCN(C(=O)c2ccc(Cl)c(Cl)c2)C3)cc1. The third-order valence-corrected chi connectivity index (χ3v) is 7.45. The largest absolute Gasteiger partial charge is 0.497 e. The number of carbonyl (C=O) groups excluding carboxylic acids is 2. The molecule has 0 radical (unpaired) electrons. The first-order valence-corrected chi connectivity index (χ1v) is 12.9. The number of aromatic nitrogens is 2. The van der Waals surface area contributed by atoms with Crippen LogP contribution in [0.4, 0.5) is 0 Å². The zero-order valence-corrected chi connectivity index (χ0v) is 22.2. The molecule has 0 fully saturated rings. The molecule has 38 heavy (non-hydrogen) atoms. The maximum absolute atomic E-state index is 13.7. The third-order valence-electron chi connectivity index (χ3n) is 6.71. The van der Waals surface area contributed by atoms with Crippen molar-refractivity contribution in [3.63, 3.8) is 0 Å². The van der Waals surface area contributed by atoms with E-state index in [1.165, 1.54) is 10.6 Å². The van der Waals surface area contributed by atoms with Gasteiger partial charge in [-0.15, -0.1) is 0 Å². The van der Waals surface area contributed by atoms with Gasteiger partial charge in [-0.1, -0.05) is 53.5 Å². The van der Waals surface area contributed by atoms with Crippen LogP contribution in [0.25, 0.3) is 5.69 Å². The number of nitrogens with zero attached hydrogens (tertiary/aromatic N) is 3. The molecule has 0 saturated heterocycles. The van der Waals surface area contributed by atoms with E-state index >= 15 is 0 Å². The molecule has 5 rings (SSSR count). The van der Waals surface area contributed by atoms with Crippen molar-refractivity contribution in [2.45, 2.75) is 25.9 Å². The molecule has 9 heteroatoms. The van der Waals surface area contributed by atoms with Crippen molar-refractivity contribution in [1.29, 1.82) is 0 Å². The molecule has 0 N–H and O–H groups in total. The van der Waals surface area contributed by atoms with Gasteiger partial charge in [0, 0.05) is 25.1 Å². The number of ketones is 1. The van der Waals surface area contributed by atoms with Crippen LogP contribution in [0.3, 0.4) is 0 Å². The molecule has 0 bridgehead atoms. The first-order chi connectivity index (χ1) is 18.4. The summed E-state index contributed by atoms with van der Waals surface area (Å²) in [6.07, 6.45) is 0.754. The van der Waals surface area contributed by atoms with Gasteiger partial charge in [-0.2, -0.15) is 0 Å². The number of carbonyl (C=O) groups is 2. The fraction of sp³-hybridized carbons (Fsp3) is 0.207. The molecule has 0 aliphatic carbocycles. The van der Waals surface area contributed by atoms with Crippen LogP contribution in [0.5, 0.6) is 5.75 Å². The molecule has 0 atom stereocenters. The van der Waals surface area contributed by atoms with Crippen molar-refractivity contribution in [2.24, 2.45) is 0 Å². The smallest absolute Gasteiger partial charge is 0.333 e. The second-order valence-corrected chi connectivity index (χ2v) is 9.84. The summed E-state index contributed by atoms with van der Waals surface area (Å²) in [6, 6.07) is 21.4. The molecule has 3 aromatic carbocycles. The minimum atomic E-state index is -0.310. The number of fused-ring (bicyclic) bond motifs is 1. The Morgan fingerprint density at radius 3 is 2.34 bits per heavy atom. The number of imidazole rings is 1. The van der Waals surface area contributed by atoms with Gasteiger partial charge in [-0.05, 0) is 54.4 Å². The summed E-state index contributed by atoms with van der Waals surface area (Å²) in [7, 11) is 1.57. The van der Waals surface area contributed by atoms with Gasteiger partial charge in [0.2, 0.25) is 0 Å². The first kappa shape index (κ1) is 25.8. The van der Waals surface area contributed by atoms with E-state index in [0.717, 1.165) is 5.56 Å². The van der Waals surface area contributed by atoms with Gasteiger partial charge in [-0.25, -0.2) is 4.79 Å². The monoisotopic (exact) mass is 549 g/mol. The van der Waals surface area contributed by atoms with E-state index in [9.17, 15) is 14.4 Å². The van der Waals surface area contributed by atoms with Crippen LogP contribution in [0.15, 0.2) is 77.6 Å². The van der Waals surface area contributed by atoms with Crippen LogP contribution in [0, 0.1) is 0 Å². The number of hydrogen-bond acceptors (Lipinski definition) is 4. The van der Waals surface area contributed by atoms with Crippen molar-refractivity contribution in [3.8, 4) is 11.4 Å². The molecule has 1 amide bonds. The zero-order chi connectivity index (χ0) is 26.8. The quantitative estimate of drug-likeness (QED) is 0.288. The Balaban J connectivity index is 1.53. The summed E-state index contributed by atoms with van der Waals surface area (Å²) in [5.74, 6) is 0.225. The number of ether oxygens (including phenoxy) is 1. The Labute approximate surface area is 229 Å². The number of methoxy groups -OCH3 is 1. The number of hydrogen-bond donors (Lipinski definition) is 0. The van der Waals surface area contributed by atoms with Crippen LogP contribution in [0.1, 0.15) is 38.5 Å². The highest BCUT2D eigenvalue weighted by atomic mass is 35.5. The molecule has 2 heterocycles. The molecule has 7 nitrogen and oxygen atoms in total. The molecular formula is C29H25Cl2N3O4. The molecule has 1 aromatic heterocycles. The van der Waals surface area contributed by atoms with Crippen molar-refractivity contribution < 1.29 is 14.3 Å². The molecule has 4 aromatic rings. The van der Waals surface area contributed by atoms with Crippen molar-refractivity contribution in [2.75, 3.05) is 13.7 Å². The van der Waals surface area contributed by atoms with Gasteiger partial charge < -0.3 is 9.64 Å². The number of rotatable bonds is 7. The summed E-state index contributed by atoms with van der Waals surface area (Å²) < 4.78 is 8.31. The van der Waals surface area contributed by atoms with Crippen molar-refractivity contribution >= 4 is 34.9 Å². The fourth-order valence-electron chi connectivity index (χ4n) is 4.72. The topological polar surface area (TPSA) is 73.5 Å². The maximum atomic E-state index is 13.7. The minimum Gasteiger partial charge on any atom is -0.497 e. The van der Waals surface area contributed by atoms with Crippen molar-refractivity contribution in [3.05, 3.63) is 116 Å². The molecule has 1 aliphatic rings. The summed E-state index contributed by atoms with van der Waals surface area (Å²) in [5.41, 5.74) is 2.48.